The number of hydrogen-bond acceptors (Lipinski definition) is 4. The Morgan fingerprint density at radius 1 is 1.18 bits per heavy atom. The van der Waals surface area contributed by atoms with Crippen molar-refractivity contribution in [3.63, 3.8) is 0 Å². The number of thioether (sulfide) groups is 1. The lowest BCUT2D eigenvalue weighted by Gasteiger charge is -2.01. The van der Waals surface area contributed by atoms with Gasteiger partial charge in [-0.25, -0.2) is 14.8 Å². The number of aromatic carboxylic acids is 1. The second-order valence-corrected chi connectivity index (χ2v) is 4.33. The van der Waals surface area contributed by atoms with Crippen molar-refractivity contribution >= 4 is 17.7 Å². The van der Waals surface area contributed by atoms with E-state index >= 15 is 0 Å². The molecular formula is C12H10N2O2S. The Morgan fingerprint density at radius 2 is 1.82 bits per heavy atom. The first kappa shape index (κ1) is 11.6. The van der Waals surface area contributed by atoms with E-state index in [-0.39, 0.29) is 0 Å². The van der Waals surface area contributed by atoms with Crippen LogP contribution in [0.25, 0.3) is 0 Å². The molecule has 5 heteroatoms. The lowest BCUT2D eigenvalue weighted by molar-refractivity contribution is 0.0697. The Hall–Kier alpha value is -1.88. The van der Waals surface area contributed by atoms with E-state index < -0.39 is 5.97 Å². The van der Waals surface area contributed by atoms with Crippen LogP contribution in [0.1, 0.15) is 16.2 Å². The first-order valence-corrected chi connectivity index (χ1v) is 5.96. The van der Waals surface area contributed by atoms with Gasteiger partial charge in [0.25, 0.3) is 0 Å². The zero-order valence-corrected chi connectivity index (χ0v) is 9.72. The summed E-state index contributed by atoms with van der Waals surface area (Å²) in [4.78, 5) is 19.9. The lowest BCUT2D eigenvalue weighted by atomic mass is 10.2. The van der Waals surface area contributed by atoms with E-state index in [9.17, 15) is 4.79 Å². The van der Waals surface area contributed by atoms with E-state index in [4.69, 9.17) is 5.11 Å². The van der Waals surface area contributed by atoms with E-state index in [1.54, 1.807) is 54.5 Å². The number of carbonyl (C=O) groups is 1. The average molecular weight is 246 g/mol. The third kappa shape index (κ3) is 3.29. The maximum atomic E-state index is 10.7. The van der Waals surface area contributed by atoms with Crippen LogP contribution in [0.2, 0.25) is 0 Å². The van der Waals surface area contributed by atoms with Crippen LogP contribution >= 0.6 is 11.8 Å². The van der Waals surface area contributed by atoms with E-state index in [1.165, 1.54) is 0 Å². The first-order valence-electron chi connectivity index (χ1n) is 4.98. The van der Waals surface area contributed by atoms with Crippen molar-refractivity contribution in [1.82, 2.24) is 9.97 Å². The second-order valence-electron chi connectivity index (χ2n) is 3.28. The van der Waals surface area contributed by atoms with E-state index in [0.29, 0.717) is 11.3 Å². The number of aromatic nitrogens is 2. The van der Waals surface area contributed by atoms with E-state index in [1.807, 2.05) is 0 Å². The number of hydrogen-bond donors (Lipinski definition) is 1. The minimum Gasteiger partial charge on any atom is -0.478 e. The summed E-state index contributed by atoms with van der Waals surface area (Å²) in [6, 6.07) is 8.54. The van der Waals surface area contributed by atoms with Crippen molar-refractivity contribution in [3.05, 3.63) is 54.1 Å². The van der Waals surface area contributed by atoms with Crippen LogP contribution in [0.3, 0.4) is 0 Å². The van der Waals surface area contributed by atoms with Gasteiger partial charge in [0.1, 0.15) is 5.82 Å². The minimum absolute atomic E-state index is 0.297. The Bertz CT molecular complexity index is 500. The molecule has 86 valence electrons. The molecule has 0 aliphatic carbocycles. The predicted molar refractivity (Wildman–Crippen MR) is 65.0 cm³/mol. The molecule has 0 aliphatic rings. The lowest BCUT2D eigenvalue weighted by Crippen LogP contribution is -1.95. The van der Waals surface area contributed by atoms with Crippen LogP contribution in [-0.4, -0.2) is 21.0 Å². The van der Waals surface area contributed by atoms with Crippen molar-refractivity contribution in [2.24, 2.45) is 0 Å². The van der Waals surface area contributed by atoms with Crippen LogP contribution in [0.4, 0.5) is 0 Å². The van der Waals surface area contributed by atoms with Gasteiger partial charge in [0, 0.05) is 17.3 Å². The largest absolute Gasteiger partial charge is 0.478 e. The number of rotatable bonds is 4. The molecule has 1 aromatic heterocycles. The van der Waals surface area contributed by atoms with Gasteiger partial charge in [-0.3, -0.25) is 0 Å². The van der Waals surface area contributed by atoms with Gasteiger partial charge in [-0.05, 0) is 30.3 Å². The molecule has 0 bridgehead atoms. The summed E-state index contributed by atoms with van der Waals surface area (Å²) in [6.07, 6.45) is 3.41. The average Bonchev–Trinajstić information content (AvgIpc) is 2.38. The van der Waals surface area contributed by atoms with Crippen LogP contribution < -0.4 is 0 Å². The Morgan fingerprint density at radius 3 is 2.41 bits per heavy atom. The van der Waals surface area contributed by atoms with Crippen molar-refractivity contribution in [3.8, 4) is 0 Å². The van der Waals surface area contributed by atoms with Crippen molar-refractivity contribution in [2.45, 2.75) is 10.6 Å². The summed E-state index contributed by atoms with van der Waals surface area (Å²) in [6.45, 7) is 0. The standard InChI is InChI=1S/C12H10N2O2S/c15-12(16)9-2-4-10(5-3-9)17-8-11-13-6-1-7-14-11/h1-7H,8H2,(H,15,16). The van der Waals surface area contributed by atoms with Gasteiger partial charge >= 0.3 is 5.97 Å². The number of carboxylic acid groups (broad SMARTS) is 1. The Kier molecular flexibility index (Phi) is 3.72. The summed E-state index contributed by atoms with van der Waals surface area (Å²) >= 11 is 1.58. The van der Waals surface area contributed by atoms with Crippen LogP contribution in [-0.2, 0) is 5.75 Å². The van der Waals surface area contributed by atoms with Gasteiger partial charge in [-0.1, -0.05) is 0 Å². The molecule has 0 radical (unpaired) electrons. The van der Waals surface area contributed by atoms with Crippen LogP contribution in [0, 0.1) is 0 Å². The number of benzene rings is 1. The molecule has 1 heterocycles. The molecule has 0 amide bonds. The third-order valence-electron chi connectivity index (χ3n) is 2.09. The fraction of sp³-hybridized carbons (Fsp3) is 0.0833. The number of carboxylic acids is 1. The van der Waals surface area contributed by atoms with Gasteiger partial charge in [0.15, 0.2) is 0 Å². The summed E-state index contributed by atoms with van der Waals surface area (Å²) < 4.78 is 0. The van der Waals surface area contributed by atoms with Gasteiger partial charge in [-0.15, -0.1) is 11.8 Å². The highest BCUT2D eigenvalue weighted by molar-refractivity contribution is 7.98. The Labute approximate surface area is 103 Å². The van der Waals surface area contributed by atoms with Crippen LogP contribution in [0.15, 0.2) is 47.6 Å². The molecule has 1 N–H and O–H groups in total. The highest BCUT2D eigenvalue weighted by Gasteiger charge is 2.02. The van der Waals surface area contributed by atoms with Crippen LogP contribution in [0.5, 0.6) is 0 Å². The molecule has 0 saturated heterocycles. The monoisotopic (exact) mass is 246 g/mol. The summed E-state index contributed by atoms with van der Waals surface area (Å²) in [5, 5.41) is 8.76. The normalized spacial score (nSPS) is 10.1. The molecule has 2 rings (SSSR count). The smallest absolute Gasteiger partial charge is 0.335 e. The summed E-state index contributed by atoms with van der Waals surface area (Å²) in [5.74, 6) is 0.528. The second kappa shape index (κ2) is 5.45. The maximum absolute atomic E-state index is 10.7. The molecule has 0 atom stereocenters. The fourth-order valence-corrected chi connectivity index (χ4v) is 2.02. The quantitative estimate of drug-likeness (QED) is 0.839. The van der Waals surface area contributed by atoms with E-state index in [0.717, 1.165) is 10.7 Å². The molecule has 4 nitrogen and oxygen atoms in total. The molecule has 0 unspecified atom stereocenters. The molecule has 0 saturated carbocycles. The minimum atomic E-state index is -0.909. The molecule has 0 aliphatic heterocycles. The van der Waals surface area contributed by atoms with E-state index in [2.05, 4.69) is 9.97 Å². The van der Waals surface area contributed by atoms with Gasteiger partial charge in [-0.2, -0.15) is 0 Å². The molecule has 1 aromatic carbocycles. The summed E-state index contributed by atoms with van der Waals surface area (Å²) in [5.41, 5.74) is 0.297. The molecule has 2 aromatic rings. The van der Waals surface area contributed by atoms with Crippen molar-refractivity contribution < 1.29 is 9.90 Å². The first-order chi connectivity index (χ1) is 8.25. The molecule has 17 heavy (non-hydrogen) atoms. The fourth-order valence-electron chi connectivity index (χ4n) is 1.25. The van der Waals surface area contributed by atoms with Gasteiger partial charge in [0.05, 0.1) is 11.3 Å². The topological polar surface area (TPSA) is 63.1 Å². The zero-order chi connectivity index (χ0) is 12.1. The molecule has 0 spiro atoms. The SMILES string of the molecule is O=C(O)c1ccc(SCc2ncccn2)cc1. The highest BCUT2D eigenvalue weighted by Crippen LogP contribution is 2.21. The highest BCUT2D eigenvalue weighted by atomic mass is 32.2. The summed E-state index contributed by atoms with van der Waals surface area (Å²) in [7, 11) is 0. The van der Waals surface area contributed by atoms with Gasteiger partial charge < -0.3 is 5.11 Å². The Balaban J connectivity index is 1.98. The maximum Gasteiger partial charge on any atom is 0.335 e. The van der Waals surface area contributed by atoms with Gasteiger partial charge in [0.2, 0.25) is 0 Å². The molecular weight excluding hydrogens is 236 g/mol. The third-order valence-corrected chi connectivity index (χ3v) is 3.10. The zero-order valence-electron chi connectivity index (χ0n) is 8.91. The number of nitrogens with zero attached hydrogens (tertiary/aromatic N) is 2. The van der Waals surface area contributed by atoms with Crippen molar-refractivity contribution in [1.29, 1.82) is 0 Å². The predicted octanol–water partition coefficient (Wildman–Crippen LogP) is 2.47. The molecule has 0 fully saturated rings. The van der Waals surface area contributed by atoms with Crippen molar-refractivity contribution in [2.75, 3.05) is 0 Å².